The monoisotopic (exact) mass is 273 g/mol. The van der Waals surface area contributed by atoms with Crippen LogP contribution in [0.4, 0.5) is 17.1 Å². The van der Waals surface area contributed by atoms with E-state index in [-0.39, 0.29) is 5.91 Å². The van der Waals surface area contributed by atoms with Crippen molar-refractivity contribution < 1.29 is 4.79 Å². The van der Waals surface area contributed by atoms with Gasteiger partial charge in [0.2, 0.25) is 5.91 Å². The molecule has 4 N–H and O–H groups in total. The highest BCUT2D eigenvalue weighted by atomic mass is 16.1. The molecule has 1 aromatic carbocycles. The van der Waals surface area contributed by atoms with E-state index in [1.807, 2.05) is 12.1 Å². The second-order valence-corrected chi connectivity index (χ2v) is 6.34. The van der Waals surface area contributed by atoms with E-state index >= 15 is 0 Å². The highest BCUT2D eigenvalue weighted by Gasteiger charge is 2.21. The van der Waals surface area contributed by atoms with E-state index in [1.54, 1.807) is 0 Å². The molecule has 0 saturated heterocycles. The summed E-state index contributed by atoms with van der Waals surface area (Å²) in [5.41, 5.74) is 9.68. The molecule has 2 unspecified atom stereocenters. The molecule has 0 radical (unpaired) electrons. The normalized spacial score (nSPS) is 25.1. The van der Waals surface area contributed by atoms with Crippen molar-refractivity contribution in [1.29, 1.82) is 0 Å². The van der Waals surface area contributed by atoms with Gasteiger partial charge in [0.1, 0.15) is 0 Å². The molecule has 4 nitrogen and oxygen atoms in total. The molecule has 1 aliphatic heterocycles. The van der Waals surface area contributed by atoms with Gasteiger partial charge in [-0.25, -0.2) is 0 Å². The number of rotatable bonds is 3. The summed E-state index contributed by atoms with van der Waals surface area (Å²) in [6.07, 6.45) is 5.75. The van der Waals surface area contributed by atoms with Gasteiger partial charge in [-0.1, -0.05) is 19.8 Å². The Bertz CT molecular complexity index is 527. The third kappa shape index (κ3) is 2.74. The fraction of sp³-hybridized carbons (Fsp3) is 0.562. The first-order valence-electron chi connectivity index (χ1n) is 7.58. The smallest absolute Gasteiger partial charge is 0.228 e. The van der Waals surface area contributed by atoms with Crippen molar-refractivity contribution in [2.75, 3.05) is 22.9 Å². The molecule has 2 aliphatic rings. The molecule has 1 amide bonds. The molecule has 0 bridgehead atoms. The molecule has 1 saturated carbocycles. The zero-order valence-electron chi connectivity index (χ0n) is 12.0. The lowest BCUT2D eigenvalue weighted by atomic mass is 9.82. The zero-order chi connectivity index (χ0) is 14.1. The second-order valence-electron chi connectivity index (χ2n) is 6.34. The van der Waals surface area contributed by atoms with Gasteiger partial charge in [-0.2, -0.15) is 0 Å². The number of amides is 1. The summed E-state index contributed by atoms with van der Waals surface area (Å²) in [7, 11) is 0. The Balaban J connectivity index is 1.66. The maximum atomic E-state index is 11.4. The van der Waals surface area contributed by atoms with Crippen molar-refractivity contribution in [2.24, 2.45) is 11.8 Å². The van der Waals surface area contributed by atoms with E-state index in [9.17, 15) is 4.79 Å². The van der Waals surface area contributed by atoms with Crippen LogP contribution in [0.15, 0.2) is 12.1 Å². The Morgan fingerprint density at radius 3 is 3.05 bits per heavy atom. The molecular weight excluding hydrogens is 250 g/mol. The topological polar surface area (TPSA) is 67.1 Å². The number of benzene rings is 1. The minimum atomic E-state index is 0.0534. The SMILES string of the molecule is CC1CCCC(CNc2cc3c(cc2N)CC(=O)N3)C1. The maximum Gasteiger partial charge on any atom is 0.228 e. The molecule has 0 aromatic heterocycles. The quantitative estimate of drug-likeness (QED) is 0.742. The molecular formula is C16H23N3O. The molecule has 0 spiro atoms. The standard InChI is InChI=1S/C16H23N3O/c1-10-3-2-4-11(5-10)9-18-15-8-14-12(6-13(15)17)7-16(20)19-14/h6,8,10-11,18H,2-5,7,9,17H2,1H3,(H,19,20). The van der Waals surface area contributed by atoms with Crippen LogP contribution in [0.1, 0.15) is 38.2 Å². The van der Waals surface area contributed by atoms with Crippen molar-refractivity contribution >= 4 is 23.0 Å². The average Bonchev–Trinajstić information content (AvgIpc) is 2.75. The number of hydrogen-bond donors (Lipinski definition) is 3. The molecule has 1 aromatic rings. The molecule has 1 fully saturated rings. The molecule has 20 heavy (non-hydrogen) atoms. The highest BCUT2D eigenvalue weighted by Crippen LogP contribution is 2.33. The first-order valence-corrected chi connectivity index (χ1v) is 7.58. The van der Waals surface area contributed by atoms with E-state index < -0.39 is 0 Å². The van der Waals surface area contributed by atoms with Crippen LogP contribution in [0.5, 0.6) is 0 Å². The van der Waals surface area contributed by atoms with Crippen LogP contribution in [0, 0.1) is 11.8 Å². The number of nitrogen functional groups attached to an aromatic ring is 1. The number of hydrogen-bond acceptors (Lipinski definition) is 3. The van der Waals surface area contributed by atoms with Crippen molar-refractivity contribution in [1.82, 2.24) is 0 Å². The molecule has 1 aliphatic carbocycles. The lowest BCUT2D eigenvalue weighted by Gasteiger charge is -2.27. The van der Waals surface area contributed by atoms with Gasteiger partial charge in [0.05, 0.1) is 17.8 Å². The lowest BCUT2D eigenvalue weighted by Crippen LogP contribution is -2.21. The van der Waals surface area contributed by atoms with Gasteiger partial charge in [-0.05, 0) is 42.4 Å². The number of carbonyl (C=O) groups is 1. The fourth-order valence-electron chi connectivity index (χ4n) is 3.45. The van der Waals surface area contributed by atoms with Crippen LogP contribution in [-0.2, 0) is 11.2 Å². The van der Waals surface area contributed by atoms with Gasteiger partial charge >= 0.3 is 0 Å². The van der Waals surface area contributed by atoms with Crippen molar-refractivity contribution in [3.8, 4) is 0 Å². The van der Waals surface area contributed by atoms with Crippen LogP contribution in [-0.4, -0.2) is 12.5 Å². The minimum Gasteiger partial charge on any atom is -0.397 e. The van der Waals surface area contributed by atoms with Crippen LogP contribution in [0.3, 0.4) is 0 Å². The van der Waals surface area contributed by atoms with Gasteiger partial charge < -0.3 is 16.4 Å². The molecule has 3 rings (SSSR count). The number of carbonyl (C=O) groups excluding carboxylic acids is 1. The van der Waals surface area contributed by atoms with E-state index in [0.717, 1.165) is 41.0 Å². The predicted octanol–water partition coefficient (Wildman–Crippen LogP) is 3.00. The average molecular weight is 273 g/mol. The third-order valence-electron chi connectivity index (χ3n) is 4.53. The molecule has 4 heteroatoms. The van der Waals surface area contributed by atoms with E-state index in [4.69, 9.17) is 5.73 Å². The van der Waals surface area contributed by atoms with Crippen LogP contribution in [0.2, 0.25) is 0 Å². The summed E-state index contributed by atoms with van der Waals surface area (Å²) in [5.74, 6) is 1.63. The van der Waals surface area contributed by atoms with E-state index in [2.05, 4.69) is 17.6 Å². The number of nitrogens with one attached hydrogen (secondary N) is 2. The van der Waals surface area contributed by atoms with E-state index in [1.165, 1.54) is 25.7 Å². The first-order chi connectivity index (χ1) is 9.61. The third-order valence-corrected chi connectivity index (χ3v) is 4.53. The van der Waals surface area contributed by atoms with Crippen molar-refractivity contribution in [3.05, 3.63) is 17.7 Å². The summed E-state index contributed by atoms with van der Waals surface area (Å²) < 4.78 is 0. The zero-order valence-corrected chi connectivity index (χ0v) is 12.0. The van der Waals surface area contributed by atoms with Crippen LogP contribution >= 0.6 is 0 Å². The Hall–Kier alpha value is -1.71. The Kier molecular flexibility index (Phi) is 3.55. The number of anilines is 3. The summed E-state index contributed by atoms with van der Waals surface area (Å²) in [6.45, 7) is 3.31. The van der Waals surface area contributed by atoms with Crippen LogP contribution in [0.25, 0.3) is 0 Å². The molecule has 108 valence electrons. The second kappa shape index (κ2) is 5.35. The number of nitrogens with two attached hydrogens (primary N) is 1. The van der Waals surface area contributed by atoms with Gasteiger partial charge in [-0.3, -0.25) is 4.79 Å². The van der Waals surface area contributed by atoms with Gasteiger partial charge in [0.15, 0.2) is 0 Å². The molecule has 1 heterocycles. The largest absolute Gasteiger partial charge is 0.397 e. The van der Waals surface area contributed by atoms with Crippen molar-refractivity contribution in [3.63, 3.8) is 0 Å². The Labute approximate surface area is 120 Å². The summed E-state index contributed by atoms with van der Waals surface area (Å²) >= 11 is 0. The summed E-state index contributed by atoms with van der Waals surface area (Å²) in [6, 6.07) is 3.89. The van der Waals surface area contributed by atoms with Crippen molar-refractivity contribution in [2.45, 2.75) is 39.0 Å². The summed E-state index contributed by atoms with van der Waals surface area (Å²) in [4.78, 5) is 11.4. The van der Waals surface area contributed by atoms with E-state index in [0.29, 0.717) is 6.42 Å². The Morgan fingerprint density at radius 1 is 1.40 bits per heavy atom. The lowest BCUT2D eigenvalue weighted by molar-refractivity contribution is -0.115. The number of fused-ring (bicyclic) bond motifs is 1. The highest BCUT2D eigenvalue weighted by molar-refractivity contribution is 6.00. The summed E-state index contributed by atoms with van der Waals surface area (Å²) in [5, 5.41) is 6.35. The van der Waals surface area contributed by atoms with Gasteiger partial charge in [0.25, 0.3) is 0 Å². The fourth-order valence-corrected chi connectivity index (χ4v) is 3.45. The van der Waals surface area contributed by atoms with Gasteiger partial charge in [-0.15, -0.1) is 0 Å². The predicted molar refractivity (Wildman–Crippen MR) is 82.8 cm³/mol. The molecule has 2 atom stereocenters. The maximum absolute atomic E-state index is 11.4. The minimum absolute atomic E-state index is 0.0534. The first kappa shape index (κ1) is 13.3. The Morgan fingerprint density at radius 2 is 2.25 bits per heavy atom. The van der Waals surface area contributed by atoms with Crippen LogP contribution < -0.4 is 16.4 Å². The van der Waals surface area contributed by atoms with Gasteiger partial charge in [0, 0.05) is 12.2 Å².